The van der Waals surface area contributed by atoms with E-state index in [1.165, 1.54) is 0 Å². The van der Waals surface area contributed by atoms with Gasteiger partial charge in [-0.15, -0.1) is 11.6 Å². The summed E-state index contributed by atoms with van der Waals surface area (Å²) in [5.74, 6) is -2.56. The lowest BCUT2D eigenvalue weighted by Gasteiger charge is -2.14. The van der Waals surface area contributed by atoms with Crippen LogP contribution in [0, 0.1) is 23.4 Å². The fraction of sp³-hybridized carbons (Fsp3) is 0.455. The molecule has 1 aromatic rings. The van der Waals surface area contributed by atoms with Gasteiger partial charge in [0.25, 0.3) is 0 Å². The second kappa shape index (κ2) is 4.88. The van der Waals surface area contributed by atoms with E-state index in [1.54, 1.807) is 0 Å². The molecule has 0 saturated heterocycles. The summed E-state index contributed by atoms with van der Waals surface area (Å²) in [7, 11) is 0. The molecule has 1 rings (SSSR count). The van der Waals surface area contributed by atoms with Crippen LogP contribution in [0.5, 0.6) is 0 Å². The Bertz CT molecular complexity index is 327. The SMILES string of the molecule is CC(C)CC(Cl)c1c(F)cc(F)cc1F. The molecule has 0 nitrogen and oxygen atoms in total. The highest BCUT2D eigenvalue weighted by Gasteiger charge is 2.20. The summed E-state index contributed by atoms with van der Waals surface area (Å²) in [6.07, 6.45) is 0.445. The summed E-state index contributed by atoms with van der Waals surface area (Å²) in [5.41, 5.74) is -0.244. The number of benzene rings is 1. The summed E-state index contributed by atoms with van der Waals surface area (Å²) in [5, 5.41) is -0.759. The maximum Gasteiger partial charge on any atom is 0.133 e. The molecule has 1 aromatic carbocycles. The molecule has 0 heterocycles. The lowest BCUT2D eigenvalue weighted by molar-refractivity contribution is 0.497. The number of hydrogen-bond acceptors (Lipinski definition) is 0. The standard InChI is InChI=1S/C11H12ClF3/c1-6(2)3-8(12)11-9(14)4-7(13)5-10(11)15/h4-6,8H,3H2,1-2H3. The Balaban J connectivity index is 3.03. The van der Waals surface area contributed by atoms with Gasteiger partial charge in [0, 0.05) is 17.7 Å². The monoisotopic (exact) mass is 236 g/mol. The van der Waals surface area contributed by atoms with E-state index < -0.39 is 22.8 Å². The molecule has 0 fully saturated rings. The Labute approximate surface area is 92.1 Å². The van der Waals surface area contributed by atoms with Crippen molar-refractivity contribution in [1.82, 2.24) is 0 Å². The third-order valence-corrected chi connectivity index (χ3v) is 2.43. The van der Waals surface area contributed by atoms with Crippen molar-refractivity contribution >= 4 is 11.6 Å². The molecule has 0 aliphatic heterocycles. The lowest BCUT2D eigenvalue weighted by atomic mass is 10.0. The molecular formula is C11H12ClF3. The van der Waals surface area contributed by atoms with Crippen molar-refractivity contribution in [2.75, 3.05) is 0 Å². The molecule has 4 heteroatoms. The average Bonchev–Trinajstić information content (AvgIpc) is 1.99. The van der Waals surface area contributed by atoms with Crippen LogP contribution < -0.4 is 0 Å². The van der Waals surface area contributed by atoms with Gasteiger partial charge < -0.3 is 0 Å². The van der Waals surface area contributed by atoms with Crippen LogP contribution >= 0.6 is 11.6 Å². The van der Waals surface area contributed by atoms with Crippen molar-refractivity contribution in [3.63, 3.8) is 0 Å². The smallest absolute Gasteiger partial charge is 0.133 e. The van der Waals surface area contributed by atoms with Crippen LogP contribution in [0.1, 0.15) is 31.2 Å². The predicted molar refractivity (Wildman–Crippen MR) is 54.4 cm³/mol. The van der Waals surface area contributed by atoms with E-state index in [1.807, 2.05) is 13.8 Å². The minimum absolute atomic E-state index is 0.219. The summed E-state index contributed by atoms with van der Waals surface area (Å²) in [6, 6.07) is 1.29. The van der Waals surface area contributed by atoms with Gasteiger partial charge in [0.2, 0.25) is 0 Å². The van der Waals surface area contributed by atoms with Gasteiger partial charge in [-0.2, -0.15) is 0 Å². The van der Waals surface area contributed by atoms with E-state index >= 15 is 0 Å². The number of rotatable bonds is 3. The molecule has 0 aromatic heterocycles. The highest BCUT2D eigenvalue weighted by molar-refractivity contribution is 6.20. The Morgan fingerprint density at radius 2 is 1.60 bits per heavy atom. The number of alkyl halides is 1. The van der Waals surface area contributed by atoms with Gasteiger partial charge in [0.1, 0.15) is 17.5 Å². The molecule has 0 radical (unpaired) electrons. The molecule has 0 saturated carbocycles. The summed E-state index contributed by atoms with van der Waals surface area (Å²) in [4.78, 5) is 0. The van der Waals surface area contributed by atoms with E-state index in [2.05, 4.69) is 0 Å². The van der Waals surface area contributed by atoms with Crippen LogP contribution in [0.4, 0.5) is 13.2 Å². The van der Waals surface area contributed by atoms with Gasteiger partial charge >= 0.3 is 0 Å². The van der Waals surface area contributed by atoms with Crippen molar-refractivity contribution < 1.29 is 13.2 Å². The molecule has 0 aliphatic rings. The van der Waals surface area contributed by atoms with Crippen molar-refractivity contribution in [2.45, 2.75) is 25.6 Å². The van der Waals surface area contributed by atoms with Gasteiger partial charge in [-0.05, 0) is 12.3 Å². The quantitative estimate of drug-likeness (QED) is 0.681. The minimum Gasteiger partial charge on any atom is -0.207 e. The fourth-order valence-corrected chi connectivity index (χ4v) is 1.95. The largest absolute Gasteiger partial charge is 0.207 e. The first-order chi connectivity index (χ1) is 6.91. The van der Waals surface area contributed by atoms with Crippen LogP contribution in [-0.2, 0) is 0 Å². The molecule has 0 bridgehead atoms. The molecule has 15 heavy (non-hydrogen) atoms. The van der Waals surface area contributed by atoms with E-state index in [-0.39, 0.29) is 11.5 Å². The normalized spacial score (nSPS) is 13.3. The van der Waals surface area contributed by atoms with E-state index in [0.717, 1.165) is 0 Å². The van der Waals surface area contributed by atoms with Crippen molar-refractivity contribution in [2.24, 2.45) is 5.92 Å². The second-order valence-corrected chi connectivity index (χ2v) is 4.41. The van der Waals surface area contributed by atoms with Crippen molar-refractivity contribution in [3.05, 3.63) is 35.1 Å². The zero-order chi connectivity index (χ0) is 11.6. The first-order valence-electron chi connectivity index (χ1n) is 4.70. The van der Waals surface area contributed by atoms with Crippen LogP contribution in [0.2, 0.25) is 0 Å². The van der Waals surface area contributed by atoms with Crippen molar-refractivity contribution in [3.8, 4) is 0 Å². The first kappa shape index (κ1) is 12.4. The Hall–Kier alpha value is -0.700. The summed E-state index contributed by atoms with van der Waals surface area (Å²) in [6.45, 7) is 3.80. The lowest BCUT2D eigenvalue weighted by Crippen LogP contribution is -2.03. The topological polar surface area (TPSA) is 0 Å². The zero-order valence-corrected chi connectivity index (χ0v) is 9.28. The van der Waals surface area contributed by atoms with Gasteiger partial charge in [-0.1, -0.05) is 13.8 Å². The van der Waals surface area contributed by atoms with Crippen LogP contribution in [-0.4, -0.2) is 0 Å². The third kappa shape index (κ3) is 3.13. The molecule has 1 atom stereocenters. The maximum atomic E-state index is 13.2. The van der Waals surface area contributed by atoms with E-state index in [4.69, 9.17) is 11.6 Å². The van der Waals surface area contributed by atoms with Crippen molar-refractivity contribution in [1.29, 1.82) is 0 Å². The molecule has 0 amide bonds. The maximum absolute atomic E-state index is 13.2. The second-order valence-electron chi connectivity index (χ2n) is 3.88. The van der Waals surface area contributed by atoms with Crippen LogP contribution in [0.25, 0.3) is 0 Å². The number of hydrogen-bond donors (Lipinski definition) is 0. The fourth-order valence-electron chi connectivity index (χ4n) is 1.38. The van der Waals surface area contributed by atoms with Crippen LogP contribution in [0.15, 0.2) is 12.1 Å². The Kier molecular flexibility index (Phi) is 4.03. The highest BCUT2D eigenvalue weighted by Crippen LogP contribution is 2.32. The molecule has 0 aliphatic carbocycles. The molecule has 0 N–H and O–H groups in total. The molecule has 84 valence electrons. The van der Waals surface area contributed by atoms with Gasteiger partial charge in [0.15, 0.2) is 0 Å². The van der Waals surface area contributed by atoms with Crippen LogP contribution in [0.3, 0.4) is 0 Å². The van der Waals surface area contributed by atoms with E-state index in [0.29, 0.717) is 18.6 Å². The minimum atomic E-state index is -0.929. The molecular weight excluding hydrogens is 225 g/mol. The molecule has 1 unspecified atom stereocenters. The zero-order valence-electron chi connectivity index (χ0n) is 8.53. The third-order valence-electron chi connectivity index (χ3n) is 2.04. The predicted octanol–water partition coefficient (Wildman–Crippen LogP) is 4.43. The molecule has 0 spiro atoms. The summed E-state index contributed by atoms with van der Waals surface area (Å²) < 4.78 is 39.1. The highest BCUT2D eigenvalue weighted by atomic mass is 35.5. The summed E-state index contributed by atoms with van der Waals surface area (Å²) >= 11 is 5.86. The first-order valence-corrected chi connectivity index (χ1v) is 5.14. The average molecular weight is 237 g/mol. The van der Waals surface area contributed by atoms with Gasteiger partial charge in [0.05, 0.1) is 5.38 Å². The Morgan fingerprint density at radius 3 is 2.00 bits per heavy atom. The Morgan fingerprint density at radius 1 is 1.13 bits per heavy atom. The van der Waals surface area contributed by atoms with E-state index in [9.17, 15) is 13.2 Å². The van der Waals surface area contributed by atoms with Gasteiger partial charge in [-0.3, -0.25) is 0 Å². The number of halogens is 4. The van der Waals surface area contributed by atoms with Gasteiger partial charge in [-0.25, -0.2) is 13.2 Å².